The van der Waals surface area contributed by atoms with Crippen molar-refractivity contribution in [3.8, 4) is 5.75 Å². The maximum Gasteiger partial charge on any atom is 0.171 e. The number of hydrogen-bond acceptors (Lipinski definition) is 10. The van der Waals surface area contributed by atoms with Crippen molar-refractivity contribution in [3.05, 3.63) is 71.1 Å². The summed E-state index contributed by atoms with van der Waals surface area (Å²) in [6.07, 6.45) is -8.03. The first-order valence-corrected chi connectivity index (χ1v) is 11.3. The summed E-state index contributed by atoms with van der Waals surface area (Å²) < 4.78 is 5.22. The second-order valence-electron chi connectivity index (χ2n) is 7.78. The van der Waals surface area contributed by atoms with Gasteiger partial charge < -0.3 is 35.2 Å². The average molecular weight is 474 g/mol. The van der Waals surface area contributed by atoms with Crippen LogP contribution in [0.5, 0.6) is 5.75 Å². The minimum Gasteiger partial charge on any atom is -0.497 e. The molecule has 0 saturated heterocycles. The van der Waals surface area contributed by atoms with Crippen LogP contribution in [0.2, 0.25) is 0 Å². The molecule has 4 rings (SSSR count). The van der Waals surface area contributed by atoms with Gasteiger partial charge in [0.1, 0.15) is 42.5 Å². The van der Waals surface area contributed by atoms with Crippen LogP contribution in [0.4, 0.5) is 0 Å². The van der Waals surface area contributed by atoms with Crippen LogP contribution >= 0.6 is 11.8 Å². The summed E-state index contributed by atoms with van der Waals surface area (Å²) in [6.45, 7) is -0.751. The van der Waals surface area contributed by atoms with E-state index < -0.39 is 43.4 Å². The van der Waals surface area contributed by atoms with Crippen LogP contribution < -0.4 is 10.1 Å². The molecule has 2 aromatic carbocycles. The van der Waals surface area contributed by atoms with Crippen molar-refractivity contribution in [2.75, 3.05) is 13.7 Å². The first kappa shape index (κ1) is 23.7. The number of nitrogens with zero attached hydrogens (tertiary/aromatic N) is 2. The smallest absolute Gasteiger partial charge is 0.171 e. The van der Waals surface area contributed by atoms with Crippen molar-refractivity contribution in [3.63, 3.8) is 0 Å². The molecule has 2 heterocycles. The van der Waals surface area contributed by atoms with Crippen molar-refractivity contribution in [1.82, 2.24) is 10.2 Å². The number of amidine groups is 1. The Balaban J connectivity index is 1.69. The van der Waals surface area contributed by atoms with Gasteiger partial charge in [0.05, 0.1) is 19.4 Å². The number of nitrogens with one attached hydrogen (secondary N) is 1. The Labute approximate surface area is 195 Å². The predicted octanol–water partition coefficient (Wildman–Crippen LogP) is 0.462. The molecule has 0 amide bonds. The number of aliphatic hydroxyl groups is 5. The average Bonchev–Trinajstić information content (AvgIpc) is 3.31. The fourth-order valence-corrected chi connectivity index (χ4v) is 4.78. The van der Waals surface area contributed by atoms with Crippen molar-refractivity contribution in [2.24, 2.45) is 4.99 Å². The monoisotopic (exact) mass is 473 g/mol. The zero-order valence-corrected chi connectivity index (χ0v) is 18.7. The van der Waals surface area contributed by atoms with E-state index in [9.17, 15) is 20.4 Å². The van der Waals surface area contributed by atoms with Crippen LogP contribution in [0.15, 0.2) is 65.0 Å². The lowest BCUT2D eigenvalue weighted by molar-refractivity contribution is -0.129. The van der Waals surface area contributed by atoms with E-state index in [1.165, 1.54) is 11.8 Å². The SMILES string of the molecule is COc1ccc([C@H]2N=C3SC=C(c4ccccc4)N3[C@@H]([C@H](O)[C@@H](O)[C@H](O)[C@H](O)CO)N2)cc1. The molecule has 6 N–H and O–H groups in total. The highest BCUT2D eigenvalue weighted by atomic mass is 32.2. The summed E-state index contributed by atoms with van der Waals surface area (Å²) in [6, 6.07) is 16.9. The first-order valence-electron chi connectivity index (χ1n) is 10.5. The van der Waals surface area contributed by atoms with Crippen molar-refractivity contribution < 1.29 is 30.3 Å². The maximum absolute atomic E-state index is 11.1. The number of thioether (sulfide) groups is 1. The Hall–Kier alpha value is -2.44. The van der Waals surface area contributed by atoms with Gasteiger partial charge in [-0.3, -0.25) is 5.32 Å². The lowest BCUT2D eigenvalue weighted by Crippen LogP contribution is -2.62. The third kappa shape index (κ3) is 4.78. The topological polar surface area (TPSA) is 138 Å². The van der Waals surface area contributed by atoms with Gasteiger partial charge in [0.2, 0.25) is 0 Å². The van der Waals surface area contributed by atoms with Crippen LogP contribution in [0.25, 0.3) is 5.70 Å². The van der Waals surface area contributed by atoms with E-state index in [-0.39, 0.29) is 0 Å². The van der Waals surface area contributed by atoms with Gasteiger partial charge in [-0.1, -0.05) is 54.2 Å². The standard InChI is InChI=1S/C23H27N3O6S/c1-32-15-9-7-14(8-10-15)21-24-22(20(31)19(30)18(29)17(28)11-27)26-16(12-33-23(26)25-21)13-5-3-2-4-6-13/h2-10,12,17-22,24,27-31H,11H2,1H3/t17-,18-,19+,20-,21-,22+/m1/s1. The number of ether oxygens (including phenoxy) is 1. The molecule has 0 aliphatic carbocycles. The van der Waals surface area contributed by atoms with Crippen LogP contribution in [0.1, 0.15) is 17.3 Å². The minimum atomic E-state index is -1.74. The highest BCUT2D eigenvalue weighted by Gasteiger charge is 2.44. The summed E-state index contributed by atoms with van der Waals surface area (Å²) in [4.78, 5) is 6.56. The summed E-state index contributed by atoms with van der Waals surface area (Å²) in [7, 11) is 1.58. The molecule has 2 aliphatic rings. The molecule has 0 aromatic heterocycles. The van der Waals surface area contributed by atoms with E-state index in [1.807, 2.05) is 47.9 Å². The molecule has 2 aliphatic heterocycles. The molecular formula is C23H27N3O6S. The van der Waals surface area contributed by atoms with Gasteiger partial charge in [0.25, 0.3) is 0 Å². The maximum atomic E-state index is 11.1. The zero-order valence-electron chi connectivity index (χ0n) is 17.9. The highest BCUT2D eigenvalue weighted by molar-refractivity contribution is 8.16. The van der Waals surface area contributed by atoms with E-state index >= 15 is 0 Å². The van der Waals surface area contributed by atoms with Crippen LogP contribution in [0, 0.1) is 0 Å². The van der Waals surface area contributed by atoms with Gasteiger partial charge in [0.15, 0.2) is 5.17 Å². The number of methoxy groups -OCH3 is 1. The van der Waals surface area contributed by atoms with Crippen molar-refractivity contribution in [1.29, 1.82) is 0 Å². The molecule has 0 spiro atoms. The third-order valence-electron chi connectivity index (χ3n) is 5.69. The molecule has 0 unspecified atom stereocenters. The first-order chi connectivity index (χ1) is 15.9. The lowest BCUT2D eigenvalue weighted by Gasteiger charge is -2.42. The Morgan fingerprint density at radius 2 is 1.73 bits per heavy atom. The van der Waals surface area contributed by atoms with Crippen LogP contribution in [-0.4, -0.2) is 79.9 Å². The van der Waals surface area contributed by atoms with Gasteiger partial charge in [0, 0.05) is 5.41 Å². The molecular weight excluding hydrogens is 446 g/mol. The lowest BCUT2D eigenvalue weighted by atomic mass is 9.99. The second kappa shape index (κ2) is 10.2. The Morgan fingerprint density at radius 3 is 2.36 bits per heavy atom. The number of hydrogen-bond donors (Lipinski definition) is 6. The summed E-state index contributed by atoms with van der Waals surface area (Å²) in [5, 5.41) is 56.7. The molecule has 0 fully saturated rings. The molecule has 0 saturated carbocycles. The molecule has 2 aromatic rings. The fourth-order valence-electron chi connectivity index (χ4n) is 3.82. The van der Waals surface area contributed by atoms with E-state index in [0.29, 0.717) is 10.9 Å². The van der Waals surface area contributed by atoms with Crippen LogP contribution in [0.3, 0.4) is 0 Å². The van der Waals surface area contributed by atoms with E-state index in [2.05, 4.69) is 5.32 Å². The number of aliphatic imine (C=N–C) groups is 1. The number of aliphatic hydroxyl groups excluding tert-OH is 5. The number of benzene rings is 2. The minimum absolute atomic E-state index is 0.537. The molecule has 176 valence electrons. The zero-order chi connectivity index (χ0) is 23.5. The normalized spacial score (nSPS) is 23.8. The number of fused-ring (bicyclic) bond motifs is 1. The largest absolute Gasteiger partial charge is 0.497 e. The molecule has 0 radical (unpaired) electrons. The van der Waals surface area contributed by atoms with Gasteiger partial charge >= 0.3 is 0 Å². The molecule has 33 heavy (non-hydrogen) atoms. The highest BCUT2D eigenvalue weighted by Crippen LogP contribution is 2.40. The molecule has 10 heteroatoms. The second-order valence-corrected chi connectivity index (χ2v) is 8.61. The van der Waals surface area contributed by atoms with Gasteiger partial charge in [-0.05, 0) is 23.3 Å². The van der Waals surface area contributed by atoms with Crippen molar-refractivity contribution >= 4 is 22.6 Å². The molecule has 6 atom stereocenters. The Bertz CT molecular complexity index is 1000. The van der Waals surface area contributed by atoms with Gasteiger partial charge in [-0.25, -0.2) is 4.99 Å². The van der Waals surface area contributed by atoms with Gasteiger partial charge in [-0.2, -0.15) is 0 Å². The van der Waals surface area contributed by atoms with E-state index in [0.717, 1.165) is 16.8 Å². The Kier molecular flexibility index (Phi) is 7.35. The Morgan fingerprint density at radius 1 is 1.03 bits per heavy atom. The van der Waals surface area contributed by atoms with Crippen LogP contribution in [-0.2, 0) is 0 Å². The van der Waals surface area contributed by atoms with E-state index in [1.54, 1.807) is 24.1 Å². The summed E-state index contributed by atoms with van der Waals surface area (Å²) >= 11 is 1.39. The predicted molar refractivity (Wildman–Crippen MR) is 125 cm³/mol. The summed E-state index contributed by atoms with van der Waals surface area (Å²) in [5.74, 6) is 0.695. The van der Waals surface area contributed by atoms with Gasteiger partial charge in [-0.15, -0.1) is 0 Å². The molecule has 0 bridgehead atoms. The number of rotatable bonds is 8. The third-order valence-corrected chi connectivity index (χ3v) is 6.55. The van der Waals surface area contributed by atoms with E-state index in [4.69, 9.17) is 14.8 Å². The fraction of sp³-hybridized carbons (Fsp3) is 0.348. The molecule has 9 nitrogen and oxygen atoms in total. The summed E-state index contributed by atoms with van der Waals surface area (Å²) in [5.41, 5.74) is 2.48. The van der Waals surface area contributed by atoms with Crippen molar-refractivity contribution in [2.45, 2.75) is 36.7 Å². The quantitative estimate of drug-likeness (QED) is 0.323.